The number of halogens is 1. The number of aryl methyl sites for hydroxylation is 1. The SMILES string of the molecule is Cc1ccc(OCc2nc(CC(=O)Nc3cc(N4CCCC4=O)ccc3Cl)cs2)cc1. The van der Waals surface area contributed by atoms with Gasteiger partial charge in [0, 0.05) is 24.0 Å². The first-order valence-corrected chi connectivity index (χ1v) is 11.3. The first-order valence-electron chi connectivity index (χ1n) is 10.0. The van der Waals surface area contributed by atoms with Gasteiger partial charge in [-0.15, -0.1) is 11.3 Å². The number of nitrogens with zero attached hydrogens (tertiary/aromatic N) is 2. The van der Waals surface area contributed by atoms with Crippen LogP contribution in [-0.2, 0) is 22.6 Å². The Kier molecular flexibility index (Phi) is 6.53. The quantitative estimate of drug-likeness (QED) is 0.544. The number of benzene rings is 2. The first kappa shape index (κ1) is 21.3. The standard InChI is InChI=1S/C23H22ClN3O3S/c1-15-4-7-18(8-5-15)30-13-22-25-16(14-31-22)11-21(28)26-20-12-17(6-9-19(20)24)27-10-2-3-23(27)29/h4-9,12,14H,2-3,10-11,13H2,1H3,(H,26,28). The second-order valence-corrected chi connectivity index (χ2v) is 8.72. The van der Waals surface area contributed by atoms with Gasteiger partial charge in [0.1, 0.15) is 17.4 Å². The summed E-state index contributed by atoms with van der Waals surface area (Å²) in [6.07, 6.45) is 1.51. The molecule has 160 valence electrons. The van der Waals surface area contributed by atoms with E-state index in [9.17, 15) is 9.59 Å². The fraction of sp³-hybridized carbons (Fsp3) is 0.261. The van der Waals surface area contributed by atoms with Crippen LogP contribution >= 0.6 is 22.9 Å². The van der Waals surface area contributed by atoms with Gasteiger partial charge in [-0.2, -0.15) is 0 Å². The van der Waals surface area contributed by atoms with Crippen LogP contribution in [-0.4, -0.2) is 23.3 Å². The fourth-order valence-corrected chi connectivity index (χ4v) is 4.20. The maximum atomic E-state index is 12.5. The average molecular weight is 456 g/mol. The second kappa shape index (κ2) is 9.49. The van der Waals surface area contributed by atoms with E-state index in [1.54, 1.807) is 23.1 Å². The van der Waals surface area contributed by atoms with Crippen molar-refractivity contribution in [1.29, 1.82) is 0 Å². The Morgan fingerprint density at radius 2 is 2.06 bits per heavy atom. The summed E-state index contributed by atoms with van der Waals surface area (Å²) in [5, 5.41) is 5.92. The van der Waals surface area contributed by atoms with Gasteiger partial charge in [-0.1, -0.05) is 29.3 Å². The number of hydrogen-bond acceptors (Lipinski definition) is 5. The van der Waals surface area contributed by atoms with Gasteiger partial charge in [-0.25, -0.2) is 4.98 Å². The summed E-state index contributed by atoms with van der Waals surface area (Å²) in [6.45, 7) is 3.06. The minimum Gasteiger partial charge on any atom is -0.486 e. The van der Waals surface area contributed by atoms with Crippen LogP contribution in [0.15, 0.2) is 47.8 Å². The van der Waals surface area contributed by atoms with Crippen molar-refractivity contribution in [3.8, 4) is 5.75 Å². The molecule has 1 fully saturated rings. The Balaban J connectivity index is 1.35. The van der Waals surface area contributed by atoms with Crippen molar-refractivity contribution in [3.63, 3.8) is 0 Å². The van der Waals surface area contributed by atoms with Gasteiger partial charge in [0.15, 0.2) is 0 Å². The molecule has 0 aliphatic carbocycles. The van der Waals surface area contributed by atoms with E-state index in [2.05, 4.69) is 10.3 Å². The first-order chi connectivity index (χ1) is 15.0. The Hall–Kier alpha value is -2.90. The molecule has 4 rings (SSSR count). The molecule has 0 saturated carbocycles. The number of anilines is 2. The van der Waals surface area contributed by atoms with Crippen molar-refractivity contribution in [2.24, 2.45) is 0 Å². The van der Waals surface area contributed by atoms with Gasteiger partial charge in [0.2, 0.25) is 11.8 Å². The largest absolute Gasteiger partial charge is 0.486 e. The molecule has 1 aliphatic heterocycles. The van der Waals surface area contributed by atoms with E-state index in [-0.39, 0.29) is 18.2 Å². The van der Waals surface area contributed by atoms with E-state index >= 15 is 0 Å². The Bertz CT molecular complexity index is 1100. The molecule has 3 aromatic rings. The summed E-state index contributed by atoms with van der Waals surface area (Å²) in [4.78, 5) is 30.7. The van der Waals surface area contributed by atoms with Crippen molar-refractivity contribution in [3.05, 3.63) is 69.1 Å². The molecule has 2 heterocycles. The third-order valence-corrected chi connectivity index (χ3v) is 6.13. The lowest BCUT2D eigenvalue weighted by molar-refractivity contribution is -0.117. The zero-order valence-corrected chi connectivity index (χ0v) is 18.6. The molecule has 8 heteroatoms. The van der Waals surface area contributed by atoms with Crippen molar-refractivity contribution >= 4 is 46.1 Å². The summed E-state index contributed by atoms with van der Waals surface area (Å²) in [6, 6.07) is 13.1. The molecule has 0 radical (unpaired) electrons. The number of nitrogens with one attached hydrogen (secondary N) is 1. The Labute approximate surface area is 189 Å². The minimum absolute atomic E-state index is 0.0856. The van der Waals surface area contributed by atoms with Crippen LogP contribution < -0.4 is 15.0 Å². The molecular weight excluding hydrogens is 434 g/mol. The van der Waals surface area contributed by atoms with Crippen molar-refractivity contribution in [2.75, 3.05) is 16.8 Å². The molecule has 6 nitrogen and oxygen atoms in total. The summed E-state index contributed by atoms with van der Waals surface area (Å²) in [7, 11) is 0. The maximum Gasteiger partial charge on any atom is 0.230 e. The van der Waals surface area contributed by atoms with E-state index in [1.165, 1.54) is 16.9 Å². The average Bonchev–Trinajstić information content (AvgIpc) is 3.38. The topological polar surface area (TPSA) is 71.5 Å². The number of thiazole rings is 1. The van der Waals surface area contributed by atoms with Crippen molar-refractivity contribution in [2.45, 2.75) is 32.8 Å². The van der Waals surface area contributed by atoms with E-state index in [1.807, 2.05) is 36.6 Å². The normalized spacial score (nSPS) is 13.5. The molecule has 2 amide bonds. The molecule has 0 spiro atoms. The van der Waals surface area contributed by atoms with Gasteiger partial charge in [-0.3, -0.25) is 9.59 Å². The molecule has 0 unspecified atom stereocenters. The highest BCUT2D eigenvalue weighted by Crippen LogP contribution is 2.30. The number of carbonyl (C=O) groups is 2. The van der Waals surface area contributed by atoms with Crippen LogP contribution in [0.2, 0.25) is 5.02 Å². The number of carbonyl (C=O) groups excluding carboxylic acids is 2. The minimum atomic E-state index is -0.219. The maximum absolute atomic E-state index is 12.5. The number of rotatable bonds is 7. The Morgan fingerprint density at radius 3 is 2.81 bits per heavy atom. The van der Waals surface area contributed by atoms with Crippen molar-refractivity contribution < 1.29 is 14.3 Å². The van der Waals surface area contributed by atoms with Crippen LogP contribution in [0.3, 0.4) is 0 Å². The monoisotopic (exact) mass is 455 g/mol. The summed E-state index contributed by atoms with van der Waals surface area (Å²) < 4.78 is 5.75. The molecule has 1 aliphatic rings. The second-order valence-electron chi connectivity index (χ2n) is 7.37. The van der Waals surface area contributed by atoms with E-state index in [0.717, 1.165) is 22.9 Å². The molecule has 1 N–H and O–H groups in total. The van der Waals surface area contributed by atoms with Crippen LogP contribution in [0.25, 0.3) is 0 Å². The lowest BCUT2D eigenvalue weighted by Gasteiger charge is -2.17. The van der Waals surface area contributed by atoms with Gasteiger partial charge in [-0.05, 0) is 43.7 Å². The highest BCUT2D eigenvalue weighted by molar-refractivity contribution is 7.09. The predicted octanol–water partition coefficient (Wildman–Crippen LogP) is 4.99. The summed E-state index contributed by atoms with van der Waals surface area (Å²) in [5.41, 5.74) is 3.08. The van der Waals surface area contributed by atoms with Crippen LogP contribution in [0.1, 0.15) is 29.1 Å². The number of aromatic nitrogens is 1. The molecule has 2 aromatic carbocycles. The zero-order chi connectivity index (χ0) is 21.8. The van der Waals surface area contributed by atoms with E-state index < -0.39 is 0 Å². The lowest BCUT2D eigenvalue weighted by Crippen LogP contribution is -2.24. The van der Waals surface area contributed by atoms with Crippen LogP contribution in [0.5, 0.6) is 5.75 Å². The molecule has 0 bridgehead atoms. The summed E-state index contributed by atoms with van der Waals surface area (Å²) in [5.74, 6) is 0.650. The molecule has 1 aromatic heterocycles. The third kappa shape index (κ3) is 5.42. The number of ether oxygens (including phenoxy) is 1. The lowest BCUT2D eigenvalue weighted by atomic mass is 10.2. The highest BCUT2D eigenvalue weighted by Gasteiger charge is 2.22. The van der Waals surface area contributed by atoms with E-state index in [0.29, 0.717) is 36.0 Å². The molecule has 31 heavy (non-hydrogen) atoms. The predicted molar refractivity (Wildman–Crippen MR) is 123 cm³/mol. The molecular formula is C23H22ClN3O3S. The van der Waals surface area contributed by atoms with Crippen LogP contribution in [0, 0.1) is 6.92 Å². The molecule has 1 saturated heterocycles. The third-order valence-electron chi connectivity index (χ3n) is 4.93. The fourth-order valence-electron chi connectivity index (χ4n) is 3.33. The van der Waals surface area contributed by atoms with Crippen molar-refractivity contribution in [1.82, 2.24) is 4.98 Å². The van der Waals surface area contributed by atoms with Gasteiger partial charge >= 0.3 is 0 Å². The molecule has 0 atom stereocenters. The van der Waals surface area contributed by atoms with E-state index in [4.69, 9.17) is 16.3 Å². The zero-order valence-electron chi connectivity index (χ0n) is 17.1. The van der Waals surface area contributed by atoms with Gasteiger partial charge in [0.05, 0.1) is 22.8 Å². The number of hydrogen-bond donors (Lipinski definition) is 1. The Morgan fingerprint density at radius 1 is 1.26 bits per heavy atom. The van der Waals surface area contributed by atoms with Gasteiger partial charge < -0.3 is 15.0 Å². The number of amides is 2. The highest BCUT2D eigenvalue weighted by atomic mass is 35.5. The van der Waals surface area contributed by atoms with Crippen LogP contribution in [0.4, 0.5) is 11.4 Å². The smallest absolute Gasteiger partial charge is 0.230 e. The van der Waals surface area contributed by atoms with Gasteiger partial charge in [0.25, 0.3) is 0 Å². The summed E-state index contributed by atoms with van der Waals surface area (Å²) >= 11 is 7.71.